The maximum Gasteiger partial charge on any atom is 0.343 e. The summed E-state index contributed by atoms with van der Waals surface area (Å²) in [5.41, 5.74) is 6.28. The average molecular weight is 346 g/mol. The maximum absolute atomic E-state index is 12.1. The molecule has 0 unspecified atom stereocenters. The Hall–Kier alpha value is -2.87. The van der Waals surface area contributed by atoms with Gasteiger partial charge in [-0.3, -0.25) is 0 Å². The van der Waals surface area contributed by atoms with Gasteiger partial charge in [-0.25, -0.2) is 4.79 Å². The summed E-state index contributed by atoms with van der Waals surface area (Å²) in [6.07, 6.45) is 4.57. The van der Waals surface area contributed by atoms with E-state index < -0.39 is 0 Å². The second-order valence-electron chi connectivity index (χ2n) is 6.69. The smallest absolute Gasteiger partial charge is 0.343 e. The molecule has 0 aliphatic heterocycles. The van der Waals surface area contributed by atoms with Gasteiger partial charge in [-0.05, 0) is 63.5 Å². The number of hydrogen-bond donors (Lipinski definition) is 0. The molecule has 26 heavy (non-hydrogen) atoms. The van der Waals surface area contributed by atoms with Crippen molar-refractivity contribution < 1.29 is 9.53 Å². The highest BCUT2D eigenvalue weighted by Crippen LogP contribution is 2.21. The van der Waals surface area contributed by atoms with Gasteiger partial charge in [0.25, 0.3) is 0 Å². The van der Waals surface area contributed by atoms with Gasteiger partial charge in [-0.15, -0.1) is 0 Å². The molecule has 0 spiro atoms. The molecule has 0 aliphatic carbocycles. The number of carbonyl (C=O) groups excluding carboxylic acids is 1. The summed E-state index contributed by atoms with van der Waals surface area (Å²) in [5, 5.41) is 0. The zero-order chi connectivity index (χ0) is 19.1. The molecule has 0 atom stereocenters. The van der Waals surface area contributed by atoms with Crippen LogP contribution in [-0.2, 0) is 4.74 Å². The first-order valence-electron chi connectivity index (χ1n) is 8.73. The zero-order valence-electron chi connectivity index (χ0n) is 16.0. The summed E-state index contributed by atoms with van der Waals surface area (Å²) in [6, 6.07) is 15.7. The third kappa shape index (κ3) is 5.89. The fourth-order valence-electron chi connectivity index (χ4n) is 2.48. The molecule has 0 N–H and O–H groups in total. The van der Waals surface area contributed by atoms with Crippen LogP contribution in [0.5, 0.6) is 0 Å². The van der Waals surface area contributed by atoms with Crippen LogP contribution in [0, 0.1) is 13.8 Å². The minimum Gasteiger partial charge on any atom is -0.428 e. The van der Waals surface area contributed by atoms with Crippen molar-refractivity contribution in [1.29, 1.82) is 0 Å². The van der Waals surface area contributed by atoms with E-state index in [0.717, 1.165) is 28.7 Å². The molecule has 0 saturated heterocycles. The minimum atomic E-state index is -0.339. The molecule has 0 bridgehead atoms. The van der Waals surface area contributed by atoms with Gasteiger partial charge in [0.05, 0.1) is 5.56 Å². The molecule has 2 aromatic rings. The molecule has 2 aromatic carbocycles. The third-order valence-electron chi connectivity index (χ3n) is 4.10. The summed E-state index contributed by atoms with van der Waals surface area (Å²) >= 11 is 0. The number of allylic oxidation sites excluding steroid dienone is 5. The molecule has 0 radical (unpaired) electrons. The Morgan fingerprint density at radius 2 is 1.38 bits per heavy atom. The SMILES string of the molecule is C=C(C/C(C)=C/C=C(\C)OC(=O)c1ccc(C)cc1)c1ccc(C)cc1. The van der Waals surface area contributed by atoms with Crippen LogP contribution in [0.3, 0.4) is 0 Å². The van der Waals surface area contributed by atoms with Gasteiger partial charge < -0.3 is 4.74 Å². The van der Waals surface area contributed by atoms with Crippen LogP contribution < -0.4 is 0 Å². The van der Waals surface area contributed by atoms with E-state index in [1.807, 2.05) is 38.1 Å². The Bertz CT molecular complexity index is 761. The van der Waals surface area contributed by atoms with Crippen molar-refractivity contribution in [2.24, 2.45) is 0 Å². The predicted molar refractivity (Wildman–Crippen MR) is 109 cm³/mol. The van der Waals surface area contributed by atoms with E-state index in [1.54, 1.807) is 19.1 Å². The van der Waals surface area contributed by atoms with Gasteiger partial charge in [0.2, 0.25) is 0 Å². The molecule has 2 nitrogen and oxygen atoms in total. The predicted octanol–water partition coefficient (Wildman–Crippen LogP) is 6.41. The lowest BCUT2D eigenvalue weighted by Gasteiger charge is -2.07. The molecular formula is C24H26O2. The summed E-state index contributed by atoms with van der Waals surface area (Å²) in [4.78, 5) is 12.1. The van der Waals surface area contributed by atoms with Crippen molar-refractivity contribution in [1.82, 2.24) is 0 Å². The van der Waals surface area contributed by atoms with Crippen molar-refractivity contribution in [2.45, 2.75) is 34.1 Å². The standard InChI is InChI=1S/C24H26O2/c1-17-7-12-22(13-8-17)20(4)16-19(3)6-11-21(5)26-24(25)23-14-9-18(2)10-15-23/h6-15H,4,16H2,1-3,5H3/b19-6+,21-11+. The largest absolute Gasteiger partial charge is 0.428 e. The molecule has 0 saturated carbocycles. The second-order valence-corrected chi connectivity index (χ2v) is 6.69. The number of aryl methyl sites for hydroxylation is 2. The van der Waals surface area contributed by atoms with Crippen LogP contribution in [0.25, 0.3) is 5.57 Å². The number of benzene rings is 2. The van der Waals surface area contributed by atoms with Gasteiger partial charge in [0.1, 0.15) is 5.76 Å². The average Bonchev–Trinajstić information content (AvgIpc) is 2.61. The summed E-state index contributed by atoms with van der Waals surface area (Å²) < 4.78 is 5.38. The first kappa shape index (κ1) is 19.5. The molecule has 0 fully saturated rings. The highest BCUT2D eigenvalue weighted by molar-refractivity contribution is 5.90. The summed E-state index contributed by atoms with van der Waals surface area (Å²) in [7, 11) is 0. The van der Waals surface area contributed by atoms with Crippen molar-refractivity contribution in [3.63, 3.8) is 0 Å². The third-order valence-corrected chi connectivity index (χ3v) is 4.10. The van der Waals surface area contributed by atoms with Crippen LogP contribution >= 0.6 is 0 Å². The summed E-state index contributed by atoms with van der Waals surface area (Å²) in [6.45, 7) is 12.1. The first-order valence-corrected chi connectivity index (χ1v) is 8.73. The fourth-order valence-corrected chi connectivity index (χ4v) is 2.48. The van der Waals surface area contributed by atoms with Gasteiger partial charge in [-0.2, -0.15) is 0 Å². The molecule has 2 heteroatoms. The van der Waals surface area contributed by atoms with Crippen LogP contribution in [0.15, 0.2) is 78.6 Å². The van der Waals surface area contributed by atoms with Crippen LogP contribution in [0.1, 0.15) is 47.3 Å². The van der Waals surface area contributed by atoms with Crippen molar-refractivity contribution >= 4 is 11.5 Å². The molecule has 0 heterocycles. The van der Waals surface area contributed by atoms with E-state index >= 15 is 0 Å². The molecular weight excluding hydrogens is 320 g/mol. The molecule has 134 valence electrons. The van der Waals surface area contributed by atoms with Crippen molar-refractivity contribution in [3.05, 3.63) is 101 Å². The van der Waals surface area contributed by atoms with Gasteiger partial charge in [0.15, 0.2) is 0 Å². The number of hydrogen-bond acceptors (Lipinski definition) is 2. The molecule has 0 amide bonds. The van der Waals surface area contributed by atoms with E-state index in [4.69, 9.17) is 4.74 Å². The van der Waals surface area contributed by atoms with Gasteiger partial charge in [-0.1, -0.05) is 65.8 Å². The molecule has 2 rings (SSSR count). The lowest BCUT2D eigenvalue weighted by atomic mass is 9.99. The van der Waals surface area contributed by atoms with Crippen molar-refractivity contribution in [2.75, 3.05) is 0 Å². The highest BCUT2D eigenvalue weighted by atomic mass is 16.5. The Balaban J connectivity index is 1.95. The van der Waals surface area contributed by atoms with Gasteiger partial charge >= 0.3 is 5.97 Å². The number of rotatable bonds is 6. The Kier molecular flexibility index (Phi) is 6.74. The summed E-state index contributed by atoms with van der Waals surface area (Å²) in [5.74, 6) is 0.227. The number of ether oxygens (including phenoxy) is 1. The number of carbonyl (C=O) groups is 1. The van der Waals surface area contributed by atoms with Crippen LogP contribution in [-0.4, -0.2) is 5.97 Å². The number of esters is 1. The Morgan fingerprint density at radius 1 is 0.885 bits per heavy atom. The molecule has 0 aromatic heterocycles. The van der Waals surface area contributed by atoms with E-state index in [9.17, 15) is 4.79 Å². The quantitative estimate of drug-likeness (QED) is 0.343. The van der Waals surface area contributed by atoms with Gasteiger partial charge in [0, 0.05) is 0 Å². The minimum absolute atomic E-state index is 0.339. The van der Waals surface area contributed by atoms with E-state index in [2.05, 4.69) is 37.8 Å². The normalized spacial score (nSPS) is 12.0. The zero-order valence-corrected chi connectivity index (χ0v) is 16.0. The monoisotopic (exact) mass is 346 g/mol. The highest BCUT2D eigenvalue weighted by Gasteiger charge is 2.07. The Morgan fingerprint density at radius 3 is 1.92 bits per heavy atom. The molecule has 0 aliphatic rings. The van der Waals surface area contributed by atoms with Crippen LogP contribution in [0.4, 0.5) is 0 Å². The van der Waals surface area contributed by atoms with Crippen molar-refractivity contribution in [3.8, 4) is 0 Å². The maximum atomic E-state index is 12.1. The lowest BCUT2D eigenvalue weighted by Crippen LogP contribution is -2.03. The lowest BCUT2D eigenvalue weighted by molar-refractivity contribution is 0.0626. The second kappa shape index (κ2) is 9.00. The fraction of sp³-hybridized carbons (Fsp3) is 0.208. The topological polar surface area (TPSA) is 26.3 Å². The van der Waals surface area contributed by atoms with E-state index in [0.29, 0.717) is 11.3 Å². The Labute approximate surface area is 156 Å². The van der Waals surface area contributed by atoms with E-state index in [-0.39, 0.29) is 5.97 Å². The first-order chi connectivity index (χ1) is 12.3. The van der Waals surface area contributed by atoms with Crippen LogP contribution in [0.2, 0.25) is 0 Å². The van der Waals surface area contributed by atoms with E-state index in [1.165, 1.54) is 5.56 Å².